The predicted molar refractivity (Wildman–Crippen MR) is 116 cm³/mol. The van der Waals surface area contributed by atoms with Gasteiger partial charge in [-0.15, -0.1) is 0 Å². The maximum Gasteiger partial charge on any atom is 0.271 e. The van der Waals surface area contributed by atoms with Crippen molar-refractivity contribution in [2.24, 2.45) is 5.10 Å². The van der Waals surface area contributed by atoms with E-state index in [0.29, 0.717) is 46.2 Å². The van der Waals surface area contributed by atoms with E-state index >= 15 is 0 Å². The summed E-state index contributed by atoms with van der Waals surface area (Å²) in [5.41, 5.74) is 3.61. The number of ether oxygens (including phenoxy) is 4. The van der Waals surface area contributed by atoms with Gasteiger partial charge in [0, 0.05) is 5.56 Å². The molecule has 0 unspecified atom stereocenters. The van der Waals surface area contributed by atoms with Gasteiger partial charge in [-0.25, -0.2) is 5.43 Å². The maximum absolute atomic E-state index is 12.4. The van der Waals surface area contributed by atoms with Crippen molar-refractivity contribution < 1.29 is 23.7 Å². The average molecular weight is 463 g/mol. The van der Waals surface area contributed by atoms with E-state index in [1.165, 1.54) is 6.21 Å². The zero-order valence-electron chi connectivity index (χ0n) is 16.5. The highest BCUT2D eigenvalue weighted by molar-refractivity contribution is 9.10. The largest absolute Gasteiger partial charge is 0.493 e. The lowest BCUT2D eigenvalue weighted by atomic mass is 10.2. The van der Waals surface area contributed by atoms with E-state index in [4.69, 9.17) is 18.9 Å². The van der Waals surface area contributed by atoms with E-state index in [0.717, 1.165) is 5.56 Å². The third-order valence-corrected chi connectivity index (χ3v) is 4.29. The number of hydrogen-bond donors (Lipinski definition) is 1. The van der Waals surface area contributed by atoms with Crippen LogP contribution in [0.1, 0.15) is 22.8 Å². The quantitative estimate of drug-likeness (QED) is 0.325. The molecule has 2 rings (SSSR count). The van der Waals surface area contributed by atoms with E-state index in [-0.39, 0.29) is 5.91 Å². The highest BCUT2D eigenvalue weighted by Gasteiger charge is 2.12. The van der Waals surface area contributed by atoms with Gasteiger partial charge in [0.1, 0.15) is 6.61 Å². The molecule has 0 radical (unpaired) electrons. The zero-order valence-corrected chi connectivity index (χ0v) is 18.1. The van der Waals surface area contributed by atoms with Gasteiger partial charge >= 0.3 is 0 Å². The molecule has 0 atom stereocenters. The number of carbonyl (C=O) groups excluding carboxylic acids is 1. The van der Waals surface area contributed by atoms with Crippen LogP contribution in [-0.4, -0.2) is 39.6 Å². The summed E-state index contributed by atoms with van der Waals surface area (Å²) in [6.07, 6.45) is 3.15. The van der Waals surface area contributed by atoms with Crippen LogP contribution in [-0.2, 0) is 0 Å². The fraction of sp³-hybridized carbons (Fsp3) is 0.238. The Kier molecular flexibility index (Phi) is 8.54. The standard InChI is InChI=1S/C21H23BrN2O5/c1-5-9-29-17-8-7-15(12-18(17)28-6-2)21(25)24-23-13-14-10-16(22)20(27-4)19(11-14)26-3/h5,7-8,10-13H,1,6,9H2,2-4H3,(H,24,25)/b23-13+. The number of hydrazone groups is 1. The second-order valence-corrected chi connectivity index (χ2v) is 6.49. The van der Waals surface area contributed by atoms with E-state index in [9.17, 15) is 4.79 Å². The smallest absolute Gasteiger partial charge is 0.271 e. The normalized spacial score (nSPS) is 10.5. The third kappa shape index (κ3) is 5.99. The topological polar surface area (TPSA) is 78.4 Å². The van der Waals surface area contributed by atoms with Crippen molar-refractivity contribution in [2.45, 2.75) is 6.92 Å². The van der Waals surface area contributed by atoms with Crippen molar-refractivity contribution in [1.29, 1.82) is 0 Å². The molecule has 1 amide bonds. The summed E-state index contributed by atoms with van der Waals surface area (Å²) in [4.78, 5) is 12.4. The Labute approximate surface area is 178 Å². The lowest BCUT2D eigenvalue weighted by Crippen LogP contribution is -2.17. The molecule has 0 bridgehead atoms. The number of amides is 1. The van der Waals surface area contributed by atoms with E-state index in [1.807, 2.05) is 6.92 Å². The fourth-order valence-electron chi connectivity index (χ4n) is 2.43. The molecule has 2 aromatic carbocycles. The molecular formula is C21H23BrN2O5. The Hall–Kier alpha value is -3.00. The number of methoxy groups -OCH3 is 2. The molecule has 0 aliphatic carbocycles. The van der Waals surface area contributed by atoms with Crippen LogP contribution in [0.4, 0.5) is 0 Å². The Bertz CT molecular complexity index is 899. The summed E-state index contributed by atoms with van der Waals surface area (Å²) >= 11 is 3.42. The summed E-state index contributed by atoms with van der Waals surface area (Å²) < 4.78 is 22.4. The van der Waals surface area contributed by atoms with Crippen molar-refractivity contribution in [3.8, 4) is 23.0 Å². The molecule has 0 aromatic heterocycles. The number of carbonyl (C=O) groups is 1. The number of halogens is 1. The number of rotatable bonds is 10. The first-order chi connectivity index (χ1) is 14.0. The van der Waals surface area contributed by atoms with Crippen molar-refractivity contribution in [2.75, 3.05) is 27.4 Å². The molecule has 0 aliphatic heterocycles. The van der Waals surface area contributed by atoms with Crippen molar-refractivity contribution in [1.82, 2.24) is 5.43 Å². The number of benzene rings is 2. The van der Waals surface area contributed by atoms with Crippen LogP contribution in [0, 0.1) is 0 Å². The van der Waals surface area contributed by atoms with Crippen molar-refractivity contribution in [3.63, 3.8) is 0 Å². The molecule has 154 valence electrons. The molecule has 0 aliphatic rings. The van der Waals surface area contributed by atoms with Crippen LogP contribution in [0.5, 0.6) is 23.0 Å². The minimum absolute atomic E-state index is 0.344. The predicted octanol–water partition coefficient (Wildman–Crippen LogP) is 4.19. The highest BCUT2D eigenvalue weighted by atomic mass is 79.9. The van der Waals surface area contributed by atoms with Gasteiger partial charge in [0.2, 0.25) is 0 Å². The van der Waals surface area contributed by atoms with E-state index in [1.54, 1.807) is 50.6 Å². The van der Waals surface area contributed by atoms with Gasteiger partial charge < -0.3 is 18.9 Å². The number of hydrogen-bond acceptors (Lipinski definition) is 6. The molecule has 0 fully saturated rings. The van der Waals surface area contributed by atoms with Crippen molar-refractivity contribution >= 4 is 28.1 Å². The van der Waals surface area contributed by atoms with Gasteiger partial charge in [0.05, 0.1) is 31.5 Å². The molecule has 0 saturated carbocycles. The molecule has 0 spiro atoms. The monoisotopic (exact) mass is 462 g/mol. The second kappa shape index (κ2) is 11.1. The van der Waals surface area contributed by atoms with Crippen LogP contribution >= 0.6 is 15.9 Å². The molecule has 8 heteroatoms. The Morgan fingerprint density at radius 3 is 2.59 bits per heavy atom. The van der Waals surface area contributed by atoms with Gasteiger partial charge in [-0.3, -0.25) is 4.79 Å². The maximum atomic E-state index is 12.4. The van der Waals surface area contributed by atoms with Crippen LogP contribution < -0.4 is 24.4 Å². The lowest BCUT2D eigenvalue weighted by Gasteiger charge is -2.12. The Morgan fingerprint density at radius 2 is 1.93 bits per heavy atom. The number of nitrogens with one attached hydrogen (secondary N) is 1. The van der Waals surface area contributed by atoms with Gasteiger partial charge in [-0.05, 0) is 58.7 Å². The molecule has 1 N–H and O–H groups in total. The first kappa shape index (κ1) is 22.3. The van der Waals surface area contributed by atoms with Crippen LogP contribution in [0.3, 0.4) is 0 Å². The first-order valence-electron chi connectivity index (χ1n) is 8.79. The summed E-state index contributed by atoms with van der Waals surface area (Å²) in [7, 11) is 3.10. The summed E-state index contributed by atoms with van der Waals surface area (Å²) in [6, 6.07) is 8.48. The molecule has 7 nitrogen and oxygen atoms in total. The summed E-state index contributed by atoms with van der Waals surface area (Å²) in [5.74, 6) is 1.77. The molecule has 2 aromatic rings. The van der Waals surface area contributed by atoms with Crippen LogP contribution in [0.15, 0.2) is 52.6 Å². The fourth-order valence-corrected chi connectivity index (χ4v) is 3.05. The Morgan fingerprint density at radius 1 is 1.14 bits per heavy atom. The first-order valence-corrected chi connectivity index (χ1v) is 9.58. The third-order valence-electron chi connectivity index (χ3n) is 3.70. The zero-order chi connectivity index (χ0) is 21.2. The van der Waals surface area contributed by atoms with Gasteiger partial charge in [-0.2, -0.15) is 5.10 Å². The van der Waals surface area contributed by atoms with E-state index in [2.05, 4.69) is 33.0 Å². The second-order valence-electron chi connectivity index (χ2n) is 5.63. The van der Waals surface area contributed by atoms with Gasteiger partial charge in [-0.1, -0.05) is 12.7 Å². The minimum atomic E-state index is -0.378. The lowest BCUT2D eigenvalue weighted by molar-refractivity contribution is 0.0954. The van der Waals surface area contributed by atoms with E-state index < -0.39 is 0 Å². The SMILES string of the molecule is C=CCOc1ccc(C(=O)N/N=C/c2cc(Br)c(OC)c(OC)c2)cc1OCC. The molecule has 29 heavy (non-hydrogen) atoms. The average Bonchev–Trinajstić information content (AvgIpc) is 2.72. The Balaban J connectivity index is 2.13. The highest BCUT2D eigenvalue weighted by Crippen LogP contribution is 2.35. The molecule has 0 saturated heterocycles. The summed E-state index contributed by atoms with van der Waals surface area (Å²) in [5, 5.41) is 4.01. The number of nitrogens with zero attached hydrogens (tertiary/aromatic N) is 1. The van der Waals surface area contributed by atoms with Gasteiger partial charge in [0.15, 0.2) is 23.0 Å². The minimum Gasteiger partial charge on any atom is -0.493 e. The van der Waals surface area contributed by atoms with Crippen LogP contribution in [0.2, 0.25) is 0 Å². The summed E-state index contributed by atoms with van der Waals surface area (Å²) in [6.45, 7) is 6.27. The van der Waals surface area contributed by atoms with Crippen LogP contribution in [0.25, 0.3) is 0 Å². The molecule has 0 heterocycles. The molecular weight excluding hydrogens is 440 g/mol. The van der Waals surface area contributed by atoms with Crippen molar-refractivity contribution in [3.05, 3.63) is 58.6 Å². The van der Waals surface area contributed by atoms with Gasteiger partial charge in [0.25, 0.3) is 5.91 Å².